The fourth-order valence-corrected chi connectivity index (χ4v) is 4.61. The summed E-state index contributed by atoms with van der Waals surface area (Å²) in [5, 5.41) is 12.2. The molecular weight excluding hydrogens is 408 g/mol. The number of fused-ring (bicyclic) bond motifs is 2. The third kappa shape index (κ3) is 3.04. The Bertz CT molecular complexity index is 1270. The summed E-state index contributed by atoms with van der Waals surface area (Å²) in [5.74, 6) is -0.390. The molecule has 0 aliphatic carbocycles. The normalized spacial score (nSPS) is 19.7. The van der Waals surface area contributed by atoms with E-state index in [2.05, 4.69) is 0 Å². The Morgan fingerprint density at radius 3 is 2.62 bits per heavy atom. The number of ether oxygens (including phenoxy) is 2. The number of aryl methyl sites for hydroxylation is 1. The molecule has 2 aliphatic rings. The zero-order valence-corrected chi connectivity index (χ0v) is 18.0. The van der Waals surface area contributed by atoms with Crippen LogP contribution in [-0.4, -0.2) is 46.0 Å². The monoisotopic (exact) mass is 432 g/mol. The highest BCUT2D eigenvalue weighted by atomic mass is 16.6. The fraction of sp³-hybridized carbons (Fsp3) is 0.280. The van der Waals surface area contributed by atoms with Crippen LogP contribution in [0.1, 0.15) is 30.5 Å². The van der Waals surface area contributed by atoms with Gasteiger partial charge in [0.1, 0.15) is 19.0 Å². The van der Waals surface area contributed by atoms with E-state index in [9.17, 15) is 14.7 Å². The van der Waals surface area contributed by atoms with Crippen molar-refractivity contribution in [2.45, 2.75) is 19.4 Å². The van der Waals surface area contributed by atoms with Crippen molar-refractivity contribution in [2.75, 3.05) is 19.8 Å². The molecule has 2 aliphatic heterocycles. The number of amides is 1. The molecular formula is C25H24N2O5. The quantitative estimate of drug-likeness (QED) is 0.386. The number of nitrogens with zero attached hydrogens (tertiary/aromatic N) is 2. The second-order valence-electron chi connectivity index (χ2n) is 8.06. The number of aromatic nitrogens is 1. The first-order valence-corrected chi connectivity index (χ1v) is 10.7. The van der Waals surface area contributed by atoms with E-state index in [1.807, 2.05) is 49.0 Å². The molecule has 0 saturated carbocycles. The molecule has 7 heteroatoms. The van der Waals surface area contributed by atoms with E-state index >= 15 is 0 Å². The van der Waals surface area contributed by atoms with Crippen molar-refractivity contribution < 1.29 is 24.2 Å². The number of carbonyl (C=O) groups is 2. The van der Waals surface area contributed by atoms with Gasteiger partial charge in [0.2, 0.25) is 0 Å². The van der Waals surface area contributed by atoms with Gasteiger partial charge in [-0.15, -0.1) is 0 Å². The largest absolute Gasteiger partial charge is 0.507 e. The van der Waals surface area contributed by atoms with Crippen LogP contribution in [0.4, 0.5) is 0 Å². The minimum absolute atomic E-state index is 0.0940. The van der Waals surface area contributed by atoms with Gasteiger partial charge < -0.3 is 24.0 Å². The Kier molecular flexibility index (Phi) is 4.89. The highest BCUT2D eigenvalue weighted by Gasteiger charge is 2.46. The van der Waals surface area contributed by atoms with Gasteiger partial charge in [0.25, 0.3) is 11.7 Å². The molecule has 32 heavy (non-hydrogen) atoms. The number of benzene rings is 2. The lowest BCUT2D eigenvalue weighted by molar-refractivity contribution is -0.139. The van der Waals surface area contributed by atoms with Crippen LogP contribution in [0, 0.1) is 0 Å². The Labute approximate surface area is 185 Å². The van der Waals surface area contributed by atoms with E-state index in [0.29, 0.717) is 43.2 Å². The predicted octanol–water partition coefficient (Wildman–Crippen LogP) is 3.78. The van der Waals surface area contributed by atoms with Gasteiger partial charge in [-0.1, -0.05) is 25.1 Å². The zero-order valence-electron chi connectivity index (χ0n) is 18.0. The van der Waals surface area contributed by atoms with Gasteiger partial charge >= 0.3 is 0 Å². The average Bonchev–Trinajstić information content (AvgIpc) is 3.27. The summed E-state index contributed by atoms with van der Waals surface area (Å²) in [4.78, 5) is 27.7. The minimum atomic E-state index is -0.677. The number of rotatable bonds is 4. The van der Waals surface area contributed by atoms with Gasteiger partial charge in [0.15, 0.2) is 11.5 Å². The molecule has 1 amide bonds. The summed E-state index contributed by atoms with van der Waals surface area (Å²) in [6, 6.07) is 12.2. The first-order chi connectivity index (χ1) is 15.5. The van der Waals surface area contributed by atoms with Gasteiger partial charge in [-0.25, -0.2) is 0 Å². The summed E-state index contributed by atoms with van der Waals surface area (Å²) in [6.45, 7) is 3.24. The molecule has 3 heterocycles. The lowest BCUT2D eigenvalue weighted by atomic mass is 9.94. The second kappa shape index (κ2) is 7.75. The lowest BCUT2D eigenvalue weighted by Gasteiger charge is -2.24. The van der Waals surface area contributed by atoms with Crippen LogP contribution in [0.2, 0.25) is 0 Å². The van der Waals surface area contributed by atoms with E-state index in [4.69, 9.17) is 9.47 Å². The standard InChI is InChI=1S/C25H24N2O5/c1-3-10-27-22(17-14-26(2)18-7-5-4-6-16(17)18)21(24(29)25(27)30)23(28)15-8-9-19-20(13-15)32-12-11-31-19/h4-9,13-14,22,28H,3,10-12H2,1-2H3/b23-21+. The number of Topliss-reactive ketones (excluding diaryl/α,β-unsaturated/α-hetero) is 1. The average molecular weight is 432 g/mol. The van der Waals surface area contributed by atoms with E-state index in [1.54, 1.807) is 23.1 Å². The highest BCUT2D eigenvalue weighted by Crippen LogP contribution is 2.43. The molecule has 0 bridgehead atoms. The Hall–Kier alpha value is -3.74. The summed E-state index contributed by atoms with van der Waals surface area (Å²) < 4.78 is 13.2. The maximum atomic E-state index is 13.1. The van der Waals surface area contributed by atoms with E-state index < -0.39 is 17.7 Å². The first kappa shape index (κ1) is 20.2. The smallest absolute Gasteiger partial charge is 0.295 e. The van der Waals surface area contributed by atoms with Crippen LogP contribution in [0.5, 0.6) is 11.5 Å². The topological polar surface area (TPSA) is 81.0 Å². The molecule has 3 aromatic rings. The fourth-order valence-electron chi connectivity index (χ4n) is 4.61. The lowest BCUT2D eigenvalue weighted by Crippen LogP contribution is -2.30. The molecule has 1 N–H and O–H groups in total. The molecule has 1 fully saturated rings. The minimum Gasteiger partial charge on any atom is -0.507 e. The number of likely N-dealkylation sites (tertiary alicyclic amines) is 1. The van der Waals surface area contributed by atoms with Crippen LogP contribution in [-0.2, 0) is 16.6 Å². The molecule has 2 aromatic carbocycles. The van der Waals surface area contributed by atoms with Crippen LogP contribution in [0.3, 0.4) is 0 Å². The van der Waals surface area contributed by atoms with Gasteiger partial charge in [-0.3, -0.25) is 9.59 Å². The maximum Gasteiger partial charge on any atom is 0.295 e. The van der Waals surface area contributed by atoms with E-state index in [0.717, 1.165) is 16.5 Å². The highest BCUT2D eigenvalue weighted by molar-refractivity contribution is 6.46. The van der Waals surface area contributed by atoms with Crippen molar-refractivity contribution in [3.05, 3.63) is 65.4 Å². The molecule has 164 valence electrons. The number of aliphatic hydroxyl groups is 1. The SMILES string of the molecule is CCCN1C(=O)C(=O)/C(=C(/O)c2ccc3c(c2)OCCO3)C1c1cn(C)c2ccccc12. The summed E-state index contributed by atoms with van der Waals surface area (Å²) >= 11 is 0. The molecule has 1 saturated heterocycles. The van der Waals surface area contributed by atoms with Crippen molar-refractivity contribution in [1.82, 2.24) is 9.47 Å². The third-order valence-corrected chi connectivity index (χ3v) is 6.04. The van der Waals surface area contributed by atoms with E-state index in [-0.39, 0.29) is 11.3 Å². The number of ketones is 1. The van der Waals surface area contributed by atoms with Crippen molar-refractivity contribution in [3.8, 4) is 11.5 Å². The van der Waals surface area contributed by atoms with Crippen molar-refractivity contribution >= 4 is 28.4 Å². The summed E-state index contributed by atoms with van der Waals surface area (Å²) in [7, 11) is 1.93. The third-order valence-electron chi connectivity index (χ3n) is 6.04. The molecule has 5 rings (SSSR count). The van der Waals surface area contributed by atoms with Gasteiger partial charge in [-0.05, 0) is 30.7 Å². The second-order valence-corrected chi connectivity index (χ2v) is 8.06. The number of carbonyl (C=O) groups excluding carboxylic acids is 2. The molecule has 0 spiro atoms. The van der Waals surface area contributed by atoms with Gasteiger partial charge in [0, 0.05) is 41.8 Å². The number of hydrogen-bond acceptors (Lipinski definition) is 5. The van der Waals surface area contributed by atoms with Crippen molar-refractivity contribution in [1.29, 1.82) is 0 Å². The molecule has 1 atom stereocenters. The first-order valence-electron chi connectivity index (χ1n) is 10.7. The van der Waals surface area contributed by atoms with Crippen molar-refractivity contribution in [3.63, 3.8) is 0 Å². The predicted molar refractivity (Wildman–Crippen MR) is 120 cm³/mol. The number of aliphatic hydroxyl groups excluding tert-OH is 1. The zero-order chi connectivity index (χ0) is 22.4. The summed E-state index contributed by atoms with van der Waals surface area (Å²) in [6.07, 6.45) is 2.62. The molecule has 7 nitrogen and oxygen atoms in total. The van der Waals surface area contributed by atoms with Gasteiger partial charge in [0.05, 0.1) is 11.6 Å². The molecule has 1 unspecified atom stereocenters. The molecule has 1 aromatic heterocycles. The van der Waals surface area contributed by atoms with Crippen molar-refractivity contribution in [2.24, 2.45) is 7.05 Å². The van der Waals surface area contributed by atoms with E-state index in [1.165, 1.54) is 0 Å². The van der Waals surface area contributed by atoms with Crippen LogP contribution in [0.15, 0.2) is 54.2 Å². The maximum absolute atomic E-state index is 13.1. The Morgan fingerprint density at radius 2 is 1.84 bits per heavy atom. The van der Waals surface area contributed by atoms with Crippen LogP contribution < -0.4 is 9.47 Å². The number of para-hydroxylation sites is 1. The summed E-state index contributed by atoms with van der Waals surface area (Å²) in [5.41, 5.74) is 2.31. The van der Waals surface area contributed by atoms with Crippen LogP contribution in [0.25, 0.3) is 16.7 Å². The Balaban J connectivity index is 1.71. The molecule has 0 radical (unpaired) electrons. The van der Waals surface area contributed by atoms with Gasteiger partial charge in [-0.2, -0.15) is 0 Å². The van der Waals surface area contributed by atoms with Crippen LogP contribution >= 0.6 is 0 Å². The number of hydrogen-bond donors (Lipinski definition) is 1. The Morgan fingerprint density at radius 1 is 1.09 bits per heavy atom.